The van der Waals surface area contributed by atoms with E-state index in [4.69, 9.17) is 0 Å². The molecule has 2 aromatic carbocycles. The van der Waals surface area contributed by atoms with Gasteiger partial charge in [-0.2, -0.15) is 0 Å². The molecule has 0 spiro atoms. The van der Waals surface area contributed by atoms with Gasteiger partial charge in [-0.1, -0.05) is 23.8 Å². The lowest BCUT2D eigenvalue weighted by Gasteiger charge is -2.34. The number of nitrogens with one attached hydrogen (secondary N) is 1. The number of rotatable bonds is 3. The number of carbonyl (C=O) groups is 1. The van der Waals surface area contributed by atoms with Gasteiger partial charge < -0.3 is 9.88 Å². The molecule has 2 heterocycles. The van der Waals surface area contributed by atoms with Crippen LogP contribution >= 0.6 is 0 Å². The number of benzene rings is 2. The van der Waals surface area contributed by atoms with Gasteiger partial charge in [0.15, 0.2) is 0 Å². The van der Waals surface area contributed by atoms with E-state index in [1.807, 2.05) is 19.9 Å². The van der Waals surface area contributed by atoms with Gasteiger partial charge in [-0.05, 0) is 49.1 Å². The normalized spacial score (nSPS) is 15.1. The summed E-state index contributed by atoms with van der Waals surface area (Å²) in [7, 11) is 0. The third kappa shape index (κ3) is 3.93. The summed E-state index contributed by atoms with van der Waals surface area (Å²) in [6.45, 7) is 6.88. The van der Waals surface area contributed by atoms with Crippen LogP contribution in [0.3, 0.4) is 0 Å². The molecule has 0 aliphatic carbocycles. The molecule has 1 aliphatic rings. The minimum absolute atomic E-state index is 0.0747. The molecule has 0 unspecified atom stereocenters. The summed E-state index contributed by atoms with van der Waals surface area (Å²) < 4.78 is 13.9. The van der Waals surface area contributed by atoms with E-state index in [1.54, 1.807) is 17.0 Å². The largest absolute Gasteiger partial charge is 0.336 e. The van der Waals surface area contributed by atoms with E-state index in [2.05, 4.69) is 22.0 Å². The first-order chi connectivity index (χ1) is 13.9. The average Bonchev–Trinajstić information content (AvgIpc) is 2.70. The molecule has 0 atom stereocenters. The number of carbonyl (C=O) groups excluding carboxylic acids is 1. The first-order valence-corrected chi connectivity index (χ1v) is 9.81. The fourth-order valence-electron chi connectivity index (χ4n) is 4.00. The van der Waals surface area contributed by atoms with Crippen molar-refractivity contribution in [1.29, 1.82) is 0 Å². The van der Waals surface area contributed by atoms with Crippen LogP contribution in [0.1, 0.15) is 27.0 Å². The first kappa shape index (κ1) is 19.3. The Labute approximate surface area is 168 Å². The van der Waals surface area contributed by atoms with Gasteiger partial charge in [0.25, 0.3) is 11.5 Å². The van der Waals surface area contributed by atoms with E-state index >= 15 is 0 Å². The average molecular weight is 393 g/mol. The highest BCUT2D eigenvalue weighted by molar-refractivity contribution is 5.94. The summed E-state index contributed by atoms with van der Waals surface area (Å²) in [5, 5.41) is 1.03. The number of nitrogens with zero attached hydrogens (tertiary/aromatic N) is 2. The lowest BCUT2D eigenvalue weighted by Crippen LogP contribution is -2.48. The molecule has 6 heteroatoms. The van der Waals surface area contributed by atoms with E-state index in [0.29, 0.717) is 32.7 Å². The van der Waals surface area contributed by atoms with Gasteiger partial charge in [0, 0.05) is 38.3 Å². The van der Waals surface area contributed by atoms with Crippen molar-refractivity contribution in [3.63, 3.8) is 0 Å². The maximum Gasteiger partial charge on any atom is 0.256 e. The molecular weight excluding hydrogens is 369 g/mol. The standard InChI is InChI=1S/C23H24FN3O2/c1-15-11-16(2)21-17(12-15)13-18(22(28)25-21)14-26-7-9-27(10-8-26)23(29)19-5-3-4-6-20(19)24/h3-6,11-13H,7-10,14H2,1-2H3,(H,25,28). The number of piperazine rings is 1. The van der Waals surface area contributed by atoms with Crippen LogP contribution in [-0.2, 0) is 6.54 Å². The fourth-order valence-corrected chi connectivity index (χ4v) is 4.00. The number of pyridine rings is 1. The minimum Gasteiger partial charge on any atom is -0.336 e. The van der Waals surface area contributed by atoms with Crippen molar-refractivity contribution in [2.24, 2.45) is 0 Å². The molecule has 1 amide bonds. The molecule has 1 aromatic heterocycles. The fraction of sp³-hybridized carbons (Fsp3) is 0.304. The van der Waals surface area contributed by atoms with Crippen LogP contribution in [0.2, 0.25) is 0 Å². The molecule has 1 aliphatic heterocycles. The summed E-state index contributed by atoms with van der Waals surface area (Å²) in [6.07, 6.45) is 0. The molecular formula is C23H24FN3O2. The summed E-state index contributed by atoms with van der Waals surface area (Å²) in [5.41, 5.74) is 3.85. The van der Waals surface area contributed by atoms with Crippen LogP contribution in [0, 0.1) is 19.7 Å². The van der Waals surface area contributed by atoms with E-state index in [9.17, 15) is 14.0 Å². The summed E-state index contributed by atoms with van der Waals surface area (Å²) in [4.78, 5) is 32.0. The SMILES string of the molecule is Cc1cc(C)c2[nH]c(=O)c(CN3CCN(C(=O)c4ccccc4F)CC3)cc2c1. The third-order valence-electron chi connectivity index (χ3n) is 5.53. The Morgan fingerprint density at radius 1 is 1.07 bits per heavy atom. The van der Waals surface area contributed by atoms with E-state index in [0.717, 1.165) is 27.6 Å². The molecule has 150 valence electrons. The van der Waals surface area contributed by atoms with Crippen LogP contribution in [0.4, 0.5) is 4.39 Å². The Morgan fingerprint density at radius 3 is 2.52 bits per heavy atom. The third-order valence-corrected chi connectivity index (χ3v) is 5.53. The Kier molecular flexibility index (Phi) is 5.20. The predicted molar refractivity (Wildman–Crippen MR) is 112 cm³/mol. The van der Waals surface area contributed by atoms with Crippen molar-refractivity contribution in [2.45, 2.75) is 20.4 Å². The predicted octanol–water partition coefficient (Wildman–Crippen LogP) is 3.24. The Bertz CT molecular complexity index is 1130. The highest BCUT2D eigenvalue weighted by Gasteiger charge is 2.24. The highest BCUT2D eigenvalue weighted by atomic mass is 19.1. The van der Waals surface area contributed by atoms with Crippen molar-refractivity contribution >= 4 is 16.8 Å². The van der Waals surface area contributed by atoms with Crippen molar-refractivity contribution in [3.8, 4) is 0 Å². The highest BCUT2D eigenvalue weighted by Crippen LogP contribution is 2.19. The van der Waals surface area contributed by atoms with Crippen molar-refractivity contribution < 1.29 is 9.18 Å². The number of fused-ring (bicyclic) bond motifs is 1. The van der Waals surface area contributed by atoms with Crippen LogP contribution in [0.15, 0.2) is 47.3 Å². The number of halogens is 1. The van der Waals surface area contributed by atoms with Crippen LogP contribution in [0.25, 0.3) is 10.9 Å². The van der Waals surface area contributed by atoms with Gasteiger partial charge in [0.2, 0.25) is 0 Å². The maximum absolute atomic E-state index is 13.9. The first-order valence-electron chi connectivity index (χ1n) is 9.81. The molecule has 1 saturated heterocycles. The van der Waals surface area contributed by atoms with Crippen molar-refractivity contribution in [1.82, 2.24) is 14.8 Å². The van der Waals surface area contributed by atoms with Gasteiger partial charge in [-0.3, -0.25) is 14.5 Å². The van der Waals surface area contributed by atoms with Crippen LogP contribution < -0.4 is 5.56 Å². The van der Waals surface area contributed by atoms with E-state index < -0.39 is 5.82 Å². The molecule has 1 N–H and O–H groups in total. The monoisotopic (exact) mass is 393 g/mol. The van der Waals surface area contributed by atoms with E-state index in [-0.39, 0.29) is 17.0 Å². The zero-order valence-corrected chi connectivity index (χ0v) is 16.7. The second kappa shape index (κ2) is 7.79. The lowest BCUT2D eigenvalue weighted by molar-refractivity contribution is 0.0623. The lowest BCUT2D eigenvalue weighted by atomic mass is 10.0. The second-order valence-electron chi connectivity index (χ2n) is 7.72. The zero-order chi connectivity index (χ0) is 20.5. The Hall–Kier alpha value is -2.99. The number of hydrogen-bond acceptors (Lipinski definition) is 3. The Balaban J connectivity index is 1.46. The van der Waals surface area contributed by atoms with Crippen LogP contribution in [0.5, 0.6) is 0 Å². The van der Waals surface area contributed by atoms with Gasteiger partial charge >= 0.3 is 0 Å². The van der Waals surface area contributed by atoms with Crippen molar-refractivity contribution in [3.05, 3.63) is 80.9 Å². The molecule has 29 heavy (non-hydrogen) atoms. The number of aryl methyl sites for hydroxylation is 2. The number of H-pyrrole nitrogens is 1. The molecule has 0 radical (unpaired) electrons. The number of hydrogen-bond donors (Lipinski definition) is 1. The Morgan fingerprint density at radius 2 is 1.79 bits per heavy atom. The van der Waals surface area contributed by atoms with Gasteiger partial charge in [0.05, 0.1) is 11.1 Å². The second-order valence-corrected chi connectivity index (χ2v) is 7.72. The quantitative estimate of drug-likeness (QED) is 0.743. The van der Waals surface area contributed by atoms with Gasteiger partial charge in [-0.15, -0.1) is 0 Å². The van der Waals surface area contributed by atoms with E-state index in [1.165, 1.54) is 12.1 Å². The summed E-state index contributed by atoms with van der Waals surface area (Å²) in [5.74, 6) is -0.773. The molecule has 4 rings (SSSR count). The molecule has 0 bridgehead atoms. The topological polar surface area (TPSA) is 56.4 Å². The number of amides is 1. The molecule has 1 fully saturated rings. The maximum atomic E-state index is 13.9. The molecule has 3 aromatic rings. The molecule has 5 nitrogen and oxygen atoms in total. The smallest absolute Gasteiger partial charge is 0.256 e. The minimum atomic E-state index is -0.492. The number of aromatic amines is 1. The summed E-state index contributed by atoms with van der Waals surface area (Å²) in [6, 6.07) is 12.2. The van der Waals surface area contributed by atoms with Gasteiger partial charge in [0.1, 0.15) is 5.82 Å². The number of aromatic nitrogens is 1. The zero-order valence-electron chi connectivity index (χ0n) is 16.7. The van der Waals surface area contributed by atoms with Crippen molar-refractivity contribution in [2.75, 3.05) is 26.2 Å². The summed E-state index contributed by atoms with van der Waals surface area (Å²) >= 11 is 0. The van der Waals surface area contributed by atoms with Gasteiger partial charge in [-0.25, -0.2) is 4.39 Å². The molecule has 0 saturated carbocycles. The van der Waals surface area contributed by atoms with Crippen LogP contribution in [-0.4, -0.2) is 46.9 Å².